The Hall–Kier alpha value is 0.430. The van der Waals surface area contributed by atoms with Gasteiger partial charge in [0.05, 0.1) is 0 Å². The first-order chi connectivity index (χ1) is 15.9. The van der Waals surface area contributed by atoms with Gasteiger partial charge in [-0.2, -0.15) is 0 Å². The van der Waals surface area contributed by atoms with E-state index in [-0.39, 0.29) is 0 Å². The van der Waals surface area contributed by atoms with Gasteiger partial charge in [-0.05, 0) is 0 Å². The van der Waals surface area contributed by atoms with E-state index in [9.17, 15) is 0 Å². The molecule has 3 rings (SSSR count). The van der Waals surface area contributed by atoms with E-state index < -0.39 is 7.26 Å². The Morgan fingerprint density at radius 3 is 0.686 bits per heavy atom. The van der Waals surface area contributed by atoms with E-state index in [2.05, 4.69) is 83.1 Å². The van der Waals surface area contributed by atoms with Gasteiger partial charge in [-0.3, -0.25) is 0 Å². The third-order valence-electron chi connectivity index (χ3n) is 12.2. The molecule has 0 saturated heterocycles. The molecule has 0 bridgehead atoms. The third-order valence-corrected chi connectivity index (χ3v) is 20.6. The monoisotopic (exact) mass is 506 g/mol. The van der Waals surface area contributed by atoms with Gasteiger partial charge in [0.2, 0.25) is 0 Å². The van der Waals surface area contributed by atoms with E-state index in [1.54, 1.807) is 38.5 Å². The van der Waals surface area contributed by atoms with Crippen LogP contribution in [0.5, 0.6) is 0 Å². The predicted molar refractivity (Wildman–Crippen MR) is 164 cm³/mol. The average molecular weight is 507 g/mol. The van der Waals surface area contributed by atoms with Crippen LogP contribution in [0.4, 0.5) is 0 Å². The zero-order valence-corrected chi connectivity index (χ0v) is 27.4. The normalized spacial score (nSPS) is 35.1. The summed E-state index contributed by atoms with van der Waals surface area (Å²) in [7, 11) is -1.56. The molecule has 3 aliphatic carbocycles. The summed E-state index contributed by atoms with van der Waals surface area (Å²) in [6.07, 6.45) is 18.4. The van der Waals surface area contributed by atoms with Crippen LogP contribution >= 0.6 is 7.26 Å². The van der Waals surface area contributed by atoms with E-state index in [0.717, 1.165) is 34.7 Å². The van der Waals surface area contributed by atoms with Crippen LogP contribution < -0.4 is 0 Å². The Morgan fingerprint density at radius 2 is 0.543 bits per heavy atom. The number of hydrogen-bond acceptors (Lipinski definition) is 0. The van der Waals surface area contributed by atoms with Gasteiger partial charge in [-0.1, -0.05) is 0 Å². The number of rotatable bonds is 3. The van der Waals surface area contributed by atoms with Crippen LogP contribution in [0.25, 0.3) is 0 Å². The van der Waals surface area contributed by atoms with Crippen LogP contribution in [-0.4, -0.2) is 22.1 Å². The van der Waals surface area contributed by atoms with Crippen molar-refractivity contribution in [1.29, 1.82) is 0 Å². The quantitative estimate of drug-likeness (QED) is 0.334. The van der Waals surface area contributed by atoms with Crippen molar-refractivity contribution in [3.8, 4) is 0 Å². The molecule has 1 heteroatoms. The van der Waals surface area contributed by atoms with Crippen LogP contribution in [0.3, 0.4) is 0 Å². The summed E-state index contributed by atoms with van der Waals surface area (Å²) in [6, 6.07) is 0. The van der Waals surface area contributed by atoms with Crippen molar-refractivity contribution in [3.63, 3.8) is 0 Å². The number of hydrogen-bond donors (Lipinski definition) is 0. The Labute approximate surface area is 223 Å². The Balaban J connectivity index is 1.94. The molecule has 0 aliphatic heterocycles. The van der Waals surface area contributed by atoms with Gasteiger partial charge in [0.25, 0.3) is 0 Å². The first-order valence-corrected chi connectivity index (χ1v) is 18.1. The molecule has 0 heterocycles. The van der Waals surface area contributed by atoms with Crippen molar-refractivity contribution >= 4 is 7.26 Å². The molecule has 0 aromatic carbocycles. The fourth-order valence-electron chi connectivity index (χ4n) is 10.1. The van der Waals surface area contributed by atoms with E-state index in [4.69, 9.17) is 0 Å². The van der Waals surface area contributed by atoms with Crippen LogP contribution in [-0.2, 0) is 0 Å². The van der Waals surface area contributed by atoms with Gasteiger partial charge in [-0.25, -0.2) is 0 Å². The average Bonchev–Trinajstić information content (AvgIpc) is 2.72. The van der Waals surface area contributed by atoms with Crippen molar-refractivity contribution in [2.45, 2.75) is 182 Å². The zero-order valence-electron chi connectivity index (χ0n) is 26.4. The molecule has 3 saturated carbocycles. The summed E-state index contributed by atoms with van der Waals surface area (Å²) in [5.74, 6) is 2.83. The summed E-state index contributed by atoms with van der Waals surface area (Å²) < 4.78 is 0. The Morgan fingerprint density at radius 1 is 0.343 bits per heavy atom. The predicted octanol–water partition coefficient (Wildman–Crippen LogP) is 11.3. The molecule has 0 amide bonds. The van der Waals surface area contributed by atoms with E-state index in [1.165, 1.54) is 38.5 Å². The molecule has 0 atom stereocenters. The molecule has 0 aromatic rings. The molecule has 0 spiro atoms. The van der Waals surface area contributed by atoms with Crippen LogP contribution in [0.1, 0.15) is 160 Å². The topological polar surface area (TPSA) is 0 Å². The molecule has 0 unspecified atom stereocenters. The van der Waals surface area contributed by atoms with E-state index >= 15 is 0 Å². The second-order valence-electron chi connectivity index (χ2n) is 17.9. The van der Waals surface area contributed by atoms with Crippen molar-refractivity contribution in [1.82, 2.24) is 0 Å². The van der Waals surface area contributed by atoms with Gasteiger partial charge in [0, 0.05) is 0 Å². The van der Waals surface area contributed by atoms with Crippen LogP contribution in [0.2, 0.25) is 0 Å². The Kier molecular flexibility index (Phi) is 9.02. The Bertz CT molecular complexity index is 568. The molecular weight excluding hydrogens is 439 g/mol. The van der Waals surface area contributed by atoms with Crippen molar-refractivity contribution < 1.29 is 0 Å². The minimum absolute atomic E-state index is 0.493. The first-order valence-electron chi connectivity index (χ1n) is 15.9. The SMILES string of the molecule is CC(C)(C)C1CCC([PH](C2CCC(C(C)(C)C)CC2)(C2CCC(C(C)(C)C)CC2)C(C)(C)C)CC1. The molecule has 0 N–H and O–H groups in total. The summed E-state index contributed by atoms with van der Waals surface area (Å²) in [5.41, 5.74) is 4.71. The third kappa shape index (κ3) is 6.36. The van der Waals surface area contributed by atoms with Gasteiger partial charge in [0.15, 0.2) is 0 Å². The first kappa shape index (κ1) is 30.0. The van der Waals surface area contributed by atoms with Crippen LogP contribution in [0.15, 0.2) is 0 Å². The minimum atomic E-state index is -1.56. The van der Waals surface area contributed by atoms with Gasteiger partial charge >= 0.3 is 224 Å². The fraction of sp³-hybridized carbons (Fsp3) is 1.00. The van der Waals surface area contributed by atoms with Crippen molar-refractivity contribution in [3.05, 3.63) is 0 Å². The molecule has 0 aromatic heterocycles. The molecule has 0 nitrogen and oxygen atoms in total. The maximum absolute atomic E-state index is 2.74. The summed E-state index contributed by atoms with van der Waals surface area (Å²) in [4.78, 5) is 0. The molecule has 3 aliphatic rings. The van der Waals surface area contributed by atoms with Crippen molar-refractivity contribution in [2.24, 2.45) is 34.0 Å². The molecule has 0 radical (unpaired) electrons. The van der Waals surface area contributed by atoms with E-state index in [0.29, 0.717) is 21.4 Å². The second kappa shape index (κ2) is 10.5. The summed E-state index contributed by atoms with van der Waals surface area (Å²) in [5, 5.41) is 0.532. The second-order valence-corrected chi connectivity index (χ2v) is 23.7. The van der Waals surface area contributed by atoms with E-state index in [1.807, 2.05) is 0 Å². The maximum atomic E-state index is 2.74. The van der Waals surface area contributed by atoms with Gasteiger partial charge in [0.1, 0.15) is 0 Å². The fourth-order valence-corrected chi connectivity index (χ4v) is 19.7. The van der Waals surface area contributed by atoms with Crippen molar-refractivity contribution in [2.75, 3.05) is 0 Å². The van der Waals surface area contributed by atoms with Crippen LogP contribution in [0, 0.1) is 34.0 Å². The molecule has 208 valence electrons. The van der Waals surface area contributed by atoms with Gasteiger partial charge in [-0.15, -0.1) is 0 Å². The zero-order chi connectivity index (χ0) is 26.4. The molecule has 35 heavy (non-hydrogen) atoms. The molecular formula is C34H67P. The molecule has 3 fully saturated rings. The standard InChI is InChI=1S/C34H67P/c1-31(2,3)25-13-19-28(20-14-25)35(34(10,11)12,29-21-15-26(16-22-29)32(4,5)6)30-23-17-27(18-24-30)33(7,8)9/h25-30,35H,13-24H2,1-12H3. The summed E-state index contributed by atoms with van der Waals surface area (Å²) in [6.45, 7) is 30.8. The van der Waals surface area contributed by atoms with Gasteiger partial charge < -0.3 is 0 Å². The summed E-state index contributed by atoms with van der Waals surface area (Å²) >= 11 is 0.